The third kappa shape index (κ3) is 2.22. The van der Waals surface area contributed by atoms with Crippen LogP contribution in [-0.4, -0.2) is 26.2 Å². The minimum Gasteiger partial charge on any atom is -0.477 e. The summed E-state index contributed by atoms with van der Waals surface area (Å²) in [6.07, 6.45) is 1.12. The Labute approximate surface area is 75.1 Å². The van der Waals surface area contributed by atoms with E-state index >= 15 is 0 Å². The topological polar surface area (TPSA) is 83.3 Å². The standard InChI is InChI=1S/C8H10N2O3/c1-8(2,13)6-3-5(7(11)12)9-4-10-6/h3-4,13H,1-2H3,(H,11,12). The van der Waals surface area contributed by atoms with Crippen molar-refractivity contribution in [2.75, 3.05) is 0 Å². The highest BCUT2D eigenvalue weighted by molar-refractivity contribution is 5.85. The van der Waals surface area contributed by atoms with E-state index in [4.69, 9.17) is 5.11 Å². The summed E-state index contributed by atoms with van der Waals surface area (Å²) in [4.78, 5) is 17.8. The van der Waals surface area contributed by atoms with Crippen molar-refractivity contribution < 1.29 is 15.0 Å². The Balaban J connectivity index is 3.13. The second kappa shape index (κ2) is 3.10. The van der Waals surface area contributed by atoms with E-state index in [9.17, 15) is 9.90 Å². The van der Waals surface area contributed by atoms with Gasteiger partial charge in [0.05, 0.1) is 5.69 Å². The third-order valence-corrected chi connectivity index (χ3v) is 1.51. The van der Waals surface area contributed by atoms with Crippen molar-refractivity contribution in [3.63, 3.8) is 0 Å². The lowest BCUT2D eigenvalue weighted by Crippen LogP contribution is -2.18. The number of carboxylic acids is 1. The smallest absolute Gasteiger partial charge is 0.354 e. The number of carbonyl (C=O) groups is 1. The quantitative estimate of drug-likeness (QED) is 0.691. The van der Waals surface area contributed by atoms with Crippen molar-refractivity contribution in [1.82, 2.24) is 9.97 Å². The molecule has 5 heteroatoms. The first-order chi connectivity index (χ1) is 5.91. The Bertz CT molecular complexity index is 330. The van der Waals surface area contributed by atoms with Crippen LogP contribution in [0.1, 0.15) is 30.0 Å². The Kier molecular flexibility index (Phi) is 2.29. The molecule has 0 unspecified atom stereocenters. The van der Waals surface area contributed by atoms with Gasteiger partial charge in [-0.1, -0.05) is 0 Å². The van der Waals surface area contributed by atoms with Crippen molar-refractivity contribution in [1.29, 1.82) is 0 Å². The van der Waals surface area contributed by atoms with E-state index in [1.165, 1.54) is 19.9 Å². The number of aromatic nitrogens is 2. The van der Waals surface area contributed by atoms with E-state index in [1.807, 2.05) is 0 Å². The van der Waals surface area contributed by atoms with Gasteiger partial charge in [-0.2, -0.15) is 0 Å². The molecule has 1 heterocycles. The fourth-order valence-electron chi connectivity index (χ4n) is 0.809. The normalized spacial score (nSPS) is 11.3. The Morgan fingerprint density at radius 2 is 2.08 bits per heavy atom. The Morgan fingerprint density at radius 3 is 2.54 bits per heavy atom. The first kappa shape index (κ1) is 9.60. The molecule has 0 saturated carbocycles. The SMILES string of the molecule is CC(C)(O)c1cc(C(=O)O)ncn1. The largest absolute Gasteiger partial charge is 0.477 e. The molecule has 1 aromatic heterocycles. The molecule has 13 heavy (non-hydrogen) atoms. The maximum absolute atomic E-state index is 10.5. The van der Waals surface area contributed by atoms with E-state index in [2.05, 4.69) is 9.97 Å². The van der Waals surface area contributed by atoms with Crippen LogP contribution in [0.15, 0.2) is 12.4 Å². The molecular formula is C8H10N2O3. The van der Waals surface area contributed by atoms with Crippen LogP contribution in [0.5, 0.6) is 0 Å². The number of rotatable bonds is 2. The van der Waals surface area contributed by atoms with Gasteiger partial charge in [-0.3, -0.25) is 0 Å². The van der Waals surface area contributed by atoms with Crippen LogP contribution in [-0.2, 0) is 5.60 Å². The second-order valence-corrected chi connectivity index (χ2v) is 3.15. The monoisotopic (exact) mass is 182 g/mol. The maximum atomic E-state index is 10.5. The molecule has 0 aromatic carbocycles. The Morgan fingerprint density at radius 1 is 1.46 bits per heavy atom. The summed E-state index contributed by atoms with van der Waals surface area (Å²) >= 11 is 0. The molecule has 0 amide bonds. The fourth-order valence-corrected chi connectivity index (χ4v) is 0.809. The highest BCUT2D eigenvalue weighted by Gasteiger charge is 2.19. The third-order valence-electron chi connectivity index (χ3n) is 1.51. The summed E-state index contributed by atoms with van der Waals surface area (Å²) in [6.45, 7) is 3.06. The molecule has 70 valence electrons. The highest BCUT2D eigenvalue weighted by atomic mass is 16.4. The summed E-state index contributed by atoms with van der Waals surface area (Å²) < 4.78 is 0. The van der Waals surface area contributed by atoms with Crippen LogP contribution in [0, 0.1) is 0 Å². The zero-order chi connectivity index (χ0) is 10.1. The van der Waals surface area contributed by atoms with Gasteiger partial charge in [0.1, 0.15) is 11.9 Å². The van der Waals surface area contributed by atoms with E-state index in [0.717, 1.165) is 6.33 Å². The first-order valence-corrected chi connectivity index (χ1v) is 3.69. The minimum absolute atomic E-state index is 0.118. The Hall–Kier alpha value is -1.49. The van der Waals surface area contributed by atoms with E-state index < -0.39 is 11.6 Å². The molecule has 0 aliphatic carbocycles. The summed E-state index contributed by atoms with van der Waals surface area (Å²) in [5.41, 5.74) is -0.973. The number of hydrogen-bond acceptors (Lipinski definition) is 4. The lowest BCUT2D eigenvalue weighted by atomic mass is 10.0. The van der Waals surface area contributed by atoms with Crippen LogP contribution < -0.4 is 0 Å². The summed E-state index contributed by atoms with van der Waals surface area (Å²) in [5.74, 6) is -1.13. The number of nitrogens with zero attached hydrogens (tertiary/aromatic N) is 2. The first-order valence-electron chi connectivity index (χ1n) is 3.69. The van der Waals surface area contributed by atoms with Gasteiger partial charge in [0.25, 0.3) is 0 Å². The van der Waals surface area contributed by atoms with Gasteiger partial charge in [0.2, 0.25) is 0 Å². The molecule has 2 N–H and O–H groups in total. The second-order valence-electron chi connectivity index (χ2n) is 3.15. The predicted octanol–water partition coefficient (Wildman–Crippen LogP) is 0.402. The number of aromatic carboxylic acids is 1. The summed E-state index contributed by atoms with van der Waals surface area (Å²) in [7, 11) is 0. The average molecular weight is 182 g/mol. The van der Waals surface area contributed by atoms with Gasteiger partial charge in [0, 0.05) is 0 Å². The average Bonchev–Trinajstić information content (AvgIpc) is 2.03. The fraction of sp³-hybridized carbons (Fsp3) is 0.375. The van der Waals surface area contributed by atoms with Gasteiger partial charge in [-0.05, 0) is 19.9 Å². The predicted molar refractivity (Wildman–Crippen MR) is 44.2 cm³/mol. The molecule has 1 rings (SSSR count). The maximum Gasteiger partial charge on any atom is 0.354 e. The van der Waals surface area contributed by atoms with Gasteiger partial charge in [0.15, 0.2) is 5.69 Å². The molecule has 0 atom stereocenters. The number of hydrogen-bond donors (Lipinski definition) is 2. The van der Waals surface area contributed by atoms with Gasteiger partial charge in [-0.25, -0.2) is 14.8 Å². The van der Waals surface area contributed by atoms with Gasteiger partial charge in [-0.15, -0.1) is 0 Å². The lowest BCUT2D eigenvalue weighted by Gasteiger charge is -2.15. The molecule has 0 saturated heterocycles. The molecule has 0 fully saturated rings. The molecular weight excluding hydrogens is 172 g/mol. The summed E-state index contributed by atoms with van der Waals surface area (Å²) in [6, 6.07) is 1.25. The van der Waals surface area contributed by atoms with Gasteiger partial charge < -0.3 is 10.2 Å². The minimum atomic E-state index is -1.15. The lowest BCUT2D eigenvalue weighted by molar-refractivity contribution is 0.0679. The van der Waals surface area contributed by atoms with E-state index in [-0.39, 0.29) is 5.69 Å². The van der Waals surface area contributed by atoms with Crippen LogP contribution in [0.4, 0.5) is 0 Å². The highest BCUT2D eigenvalue weighted by Crippen LogP contribution is 2.16. The van der Waals surface area contributed by atoms with Crippen molar-refractivity contribution in [3.05, 3.63) is 23.8 Å². The molecule has 0 aliphatic rings. The van der Waals surface area contributed by atoms with Crippen molar-refractivity contribution in [2.45, 2.75) is 19.4 Å². The number of carboxylic acid groups (broad SMARTS) is 1. The van der Waals surface area contributed by atoms with Crippen LogP contribution in [0.25, 0.3) is 0 Å². The van der Waals surface area contributed by atoms with Crippen LogP contribution in [0.2, 0.25) is 0 Å². The molecule has 0 bridgehead atoms. The molecule has 5 nitrogen and oxygen atoms in total. The van der Waals surface area contributed by atoms with Crippen molar-refractivity contribution in [2.24, 2.45) is 0 Å². The van der Waals surface area contributed by atoms with Crippen LogP contribution >= 0.6 is 0 Å². The molecule has 0 radical (unpaired) electrons. The zero-order valence-corrected chi connectivity index (χ0v) is 7.35. The van der Waals surface area contributed by atoms with Crippen molar-refractivity contribution in [3.8, 4) is 0 Å². The summed E-state index contributed by atoms with van der Waals surface area (Å²) in [5, 5.41) is 18.1. The van der Waals surface area contributed by atoms with E-state index in [0.29, 0.717) is 5.69 Å². The zero-order valence-electron chi connectivity index (χ0n) is 7.35. The van der Waals surface area contributed by atoms with Crippen molar-refractivity contribution >= 4 is 5.97 Å². The number of aliphatic hydroxyl groups is 1. The van der Waals surface area contributed by atoms with Gasteiger partial charge >= 0.3 is 5.97 Å². The van der Waals surface area contributed by atoms with E-state index in [1.54, 1.807) is 0 Å². The molecule has 1 aromatic rings. The molecule has 0 aliphatic heterocycles. The van der Waals surface area contributed by atoms with Crippen LogP contribution in [0.3, 0.4) is 0 Å². The molecule has 0 spiro atoms.